The fourth-order valence-electron chi connectivity index (χ4n) is 1.41. The second-order valence-corrected chi connectivity index (χ2v) is 3.90. The molecule has 1 heterocycles. The van der Waals surface area contributed by atoms with Crippen molar-refractivity contribution in [1.82, 2.24) is 4.98 Å². The third-order valence-corrected chi connectivity index (χ3v) is 2.63. The summed E-state index contributed by atoms with van der Waals surface area (Å²) < 4.78 is 0.832. The number of H-pyrrole nitrogens is 1. The molecule has 0 amide bonds. The zero-order valence-corrected chi connectivity index (χ0v) is 9.50. The molecule has 2 N–H and O–H groups in total. The molecule has 1 rings (SSSR count). The van der Waals surface area contributed by atoms with Crippen LogP contribution in [-0.2, 0) is 28.3 Å². The zero-order valence-electron chi connectivity index (χ0n) is 8.51. The maximum absolute atomic E-state index is 7.32. The van der Waals surface area contributed by atoms with E-state index < -0.39 is 0 Å². The Balaban J connectivity index is 3.15. The second kappa shape index (κ2) is 4.61. The molecule has 1 aromatic heterocycles. The van der Waals surface area contributed by atoms with E-state index in [2.05, 4.69) is 18.5 Å². The monoisotopic (exact) mass is 233 g/mol. The molecule has 3 heteroatoms. The summed E-state index contributed by atoms with van der Waals surface area (Å²) in [7, 11) is 0. The zero-order chi connectivity index (χ0) is 10.7. The van der Waals surface area contributed by atoms with Gasteiger partial charge >= 0.3 is 92.4 Å². The van der Waals surface area contributed by atoms with Crippen molar-refractivity contribution >= 4 is 10.7 Å². The Labute approximate surface area is 92.7 Å². The van der Waals surface area contributed by atoms with Gasteiger partial charge in [-0.25, -0.2) is 0 Å². The third kappa shape index (κ3) is 2.16. The van der Waals surface area contributed by atoms with E-state index in [9.17, 15) is 0 Å². The number of nitrogens with one attached hydrogen (secondary N) is 2. The molecular weight excluding hydrogens is 219 g/mol. The minimum absolute atomic E-state index is 0.779. The van der Waals surface area contributed by atoms with Crippen molar-refractivity contribution < 1.29 is 15.5 Å². The first-order valence-corrected chi connectivity index (χ1v) is 5.10. The first kappa shape index (κ1) is 11.3. The molecule has 0 saturated carbocycles. The van der Waals surface area contributed by atoms with Gasteiger partial charge in [-0.2, -0.15) is 0 Å². The Kier molecular flexibility index (Phi) is 3.71. The first-order valence-electron chi connectivity index (χ1n) is 4.61. The van der Waals surface area contributed by atoms with Gasteiger partial charge in [0.05, 0.1) is 0 Å². The van der Waals surface area contributed by atoms with Crippen molar-refractivity contribution in [3.8, 4) is 0 Å². The van der Waals surface area contributed by atoms with Crippen LogP contribution in [0.5, 0.6) is 0 Å². The molecule has 0 spiro atoms. The predicted molar refractivity (Wildman–Crippen MR) is 56.2 cm³/mol. The summed E-state index contributed by atoms with van der Waals surface area (Å²) in [6, 6.07) is 0. The molecule has 1 aromatic rings. The van der Waals surface area contributed by atoms with Crippen molar-refractivity contribution in [3.05, 3.63) is 29.1 Å². The molecular formula is C11H15N2Ni. The van der Waals surface area contributed by atoms with Crippen molar-refractivity contribution in [2.75, 3.05) is 0 Å². The summed E-state index contributed by atoms with van der Waals surface area (Å²) >= 11 is 4.93. The van der Waals surface area contributed by atoms with E-state index in [-0.39, 0.29) is 0 Å². The third-order valence-electron chi connectivity index (χ3n) is 2.07. The Hall–Kier alpha value is -0.816. The average Bonchev–Trinajstić information content (AvgIpc) is 2.41. The van der Waals surface area contributed by atoms with Crippen LogP contribution in [0.4, 0.5) is 0 Å². The van der Waals surface area contributed by atoms with E-state index in [0.29, 0.717) is 0 Å². The van der Waals surface area contributed by atoms with Crippen LogP contribution in [0.2, 0.25) is 0 Å². The number of hydrogen-bond donors (Lipinski definition) is 2. The van der Waals surface area contributed by atoms with Crippen LogP contribution >= 0.6 is 0 Å². The quantitative estimate of drug-likeness (QED) is 0.453. The van der Waals surface area contributed by atoms with Crippen LogP contribution in [0, 0.1) is 5.41 Å². The summed E-state index contributed by atoms with van der Waals surface area (Å²) in [6.45, 7) is 7.91. The molecule has 0 radical (unpaired) electrons. The first-order chi connectivity index (χ1) is 6.60. The molecule has 2 nitrogen and oxygen atoms in total. The number of aromatic amines is 1. The van der Waals surface area contributed by atoms with Crippen molar-refractivity contribution in [2.45, 2.75) is 26.7 Å². The van der Waals surface area contributed by atoms with E-state index >= 15 is 0 Å². The van der Waals surface area contributed by atoms with E-state index in [1.807, 2.05) is 6.92 Å². The van der Waals surface area contributed by atoms with Crippen molar-refractivity contribution in [2.24, 2.45) is 0 Å². The topological polar surface area (TPSA) is 39.6 Å². The summed E-state index contributed by atoms with van der Waals surface area (Å²) in [5, 5.41) is 7.32. The number of hydrogen-bond acceptors (Lipinski definition) is 1. The number of rotatable bonds is 4. The molecule has 0 bridgehead atoms. The van der Waals surface area contributed by atoms with E-state index in [1.54, 1.807) is 0 Å². The number of aryl methyl sites for hydroxylation is 1. The van der Waals surface area contributed by atoms with Gasteiger partial charge in [0.2, 0.25) is 0 Å². The summed E-state index contributed by atoms with van der Waals surface area (Å²) in [6.07, 6.45) is 3.01. The van der Waals surface area contributed by atoms with Gasteiger partial charge in [0, 0.05) is 0 Å². The molecule has 14 heavy (non-hydrogen) atoms. The van der Waals surface area contributed by atoms with E-state index in [4.69, 9.17) is 20.9 Å². The van der Waals surface area contributed by atoms with Crippen LogP contribution in [0.25, 0.3) is 0 Å². The maximum atomic E-state index is 7.32. The second-order valence-electron chi connectivity index (χ2n) is 3.41. The summed E-state index contributed by atoms with van der Waals surface area (Å²) in [4.78, 5) is 3.28. The predicted octanol–water partition coefficient (Wildman–Crippen LogP) is 1.87. The molecule has 0 fully saturated rings. The number of aromatic nitrogens is 1. The molecule has 0 unspecified atom stereocenters. The van der Waals surface area contributed by atoms with Crippen LogP contribution in [0.15, 0.2) is 12.2 Å². The van der Waals surface area contributed by atoms with Crippen molar-refractivity contribution in [1.29, 1.82) is 5.41 Å². The normalized spacial score (nSPS) is 10.3. The fourth-order valence-corrected chi connectivity index (χ4v) is 1.86. The van der Waals surface area contributed by atoms with Gasteiger partial charge in [-0.15, -0.1) is 0 Å². The van der Waals surface area contributed by atoms with Gasteiger partial charge in [-0.1, -0.05) is 0 Å². The molecule has 0 saturated heterocycles. The summed E-state index contributed by atoms with van der Waals surface area (Å²) in [5.74, 6) is 0. The van der Waals surface area contributed by atoms with Crippen LogP contribution in [0.1, 0.15) is 30.8 Å². The molecule has 0 atom stereocenters. The molecule has 79 valence electrons. The van der Waals surface area contributed by atoms with Crippen LogP contribution in [-0.4, -0.2) is 11.2 Å². The summed E-state index contributed by atoms with van der Waals surface area (Å²) in [5.41, 5.74) is 4.05. The average molecular weight is 234 g/mol. The Bertz CT molecular complexity index is 364. The standard InChI is InChI=1S/C11H15N2.Ni/c1-4-10-6-9(7-12)11(13-10)5-8(2)3;/h7,12-13H,2,4-5H2,1,3H3;. The Morgan fingerprint density at radius 2 is 2.21 bits per heavy atom. The minimum atomic E-state index is 0.779. The van der Waals surface area contributed by atoms with Gasteiger partial charge in [-0.3, -0.25) is 0 Å². The van der Waals surface area contributed by atoms with Crippen molar-refractivity contribution in [3.63, 3.8) is 0 Å². The van der Waals surface area contributed by atoms with Gasteiger partial charge < -0.3 is 0 Å². The Morgan fingerprint density at radius 1 is 1.57 bits per heavy atom. The van der Waals surface area contributed by atoms with Crippen LogP contribution in [0.3, 0.4) is 0 Å². The van der Waals surface area contributed by atoms with Gasteiger partial charge in [0.1, 0.15) is 0 Å². The molecule has 0 aliphatic heterocycles. The molecule has 0 aromatic carbocycles. The molecule has 0 aliphatic rings. The SMILES string of the molecule is C=C(C)Cc1[nH]c(CC)[c]([Ni])c1C=N. The van der Waals surface area contributed by atoms with Gasteiger partial charge in [0.15, 0.2) is 0 Å². The Morgan fingerprint density at radius 3 is 2.64 bits per heavy atom. The van der Waals surface area contributed by atoms with Gasteiger partial charge in [-0.05, 0) is 0 Å². The number of allylic oxidation sites excluding steroid dienone is 1. The van der Waals surface area contributed by atoms with E-state index in [0.717, 1.165) is 39.9 Å². The van der Waals surface area contributed by atoms with Crippen LogP contribution < -0.4 is 4.53 Å². The van der Waals surface area contributed by atoms with Gasteiger partial charge in [0.25, 0.3) is 0 Å². The fraction of sp³-hybridized carbons (Fsp3) is 0.364. The molecule has 0 aliphatic carbocycles. The van der Waals surface area contributed by atoms with E-state index in [1.165, 1.54) is 6.21 Å².